The molecule has 0 aromatic heterocycles. The normalized spacial score (nSPS) is 26.0. The first kappa shape index (κ1) is 32.0. The van der Waals surface area contributed by atoms with E-state index in [0.29, 0.717) is 24.3 Å². The van der Waals surface area contributed by atoms with Crippen LogP contribution in [0.1, 0.15) is 67.7 Å². The van der Waals surface area contributed by atoms with Crippen LogP contribution < -0.4 is 9.47 Å². The summed E-state index contributed by atoms with van der Waals surface area (Å²) in [5, 5.41) is 30.4. The van der Waals surface area contributed by atoms with Gasteiger partial charge in [0.1, 0.15) is 5.76 Å². The summed E-state index contributed by atoms with van der Waals surface area (Å²) in [5.41, 5.74) is 0.216. The van der Waals surface area contributed by atoms with Gasteiger partial charge < -0.3 is 39.0 Å². The van der Waals surface area contributed by atoms with Gasteiger partial charge in [0.15, 0.2) is 17.6 Å². The topological polar surface area (TPSA) is 192 Å². The van der Waals surface area contributed by atoms with E-state index >= 15 is 0 Å². The first-order valence-corrected chi connectivity index (χ1v) is 15.4. The van der Waals surface area contributed by atoms with Gasteiger partial charge in [0.2, 0.25) is 12.2 Å². The fourth-order valence-electron chi connectivity index (χ4n) is 7.68. The van der Waals surface area contributed by atoms with Gasteiger partial charge in [-0.2, -0.15) is 0 Å². The average Bonchev–Trinajstić information content (AvgIpc) is 3.39. The highest BCUT2D eigenvalue weighted by atomic mass is 16.6. The lowest BCUT2D eigenvalue weighted by Crippen LogP contribution is -2.67. The Balaban J connectivity index is 1.15. The van der Waals surface area contributed by atoms with Crippen molar-refractivity contribution in [2.24, 2.45) is 5.92 Å². The largest absolute Gasteiger partial charge is 0.493 e. The van der Waals surface area contributed by atoms with Crippen LogP contribution in [0.15, 0.2) is 54.3 Å². The van der Waals surface area contributed by atoms with E-state index < -0.39 is 78.4 Å². The van der Waals surface area contributed by atoms with Gasteiger partial charge in [0, 0.05) is 11.1 Å². The molecule has 6 rings (SSSR count). The number of aliphatic hydroxyl groups is 1. The molecule has 0 saturated heterocycles. The number of benzene rings is 2. The summed E-state index contributed by atoms with van der Waals surface area (Å²) in [6.07, 6.45) is -1.43. The molecular weight excluding hydrogens is 616 g/mol. The molecule has 47 heavy (non-hydrogen) atoms. The second-order valence-electron chi connectivity index (χ2n) is 12.2. The van der Waals surface area contributed by atoms with Crippen LogP contribution in [0.3, 0.4) is 0 Å². The van der Waals surface area contributed by atoms with Crippen molar-refractivity contribution in [3.63, 3.8) is 0 Å². The maximum Gasteiger partial charge on any atom is 0.353 e. The fraction of sp³-hybridized carbons (Fsp3) is 0.441. The van der Waals surface area contributed by atoms with Crippen molar-refractivity contribution in [3.8, 4) is 11.5 Å². The number of carboxylic acid groups (broad SMARTS) is 2. The van der Waals surface area contributed by atoms with Crippen LogP contribution in [0, 0.1) is 5.92 Å². The number of carbonyl (C=O) groups is 5. The standard InChI is InChI=1S/C34H34O13/c1-43-21-10-9-19-16-20-8-5-14-33-27(19)29(21)47-30(33)22(13-15-34(20,33)42)44-25(37)11-12-26(38)46-28(18-6-3-2-4-7-18)32(41)45-23(31(39)40)17-24(35)36/h2-4,6-7,9-10,13,20,23,28,30,42H,5,8,11-12,14-17H2,1H3,(H,35,36)(H,39,40)/t20-,23+,28+,30+,33+,34-/m1/s1. The van der Waals surface area contributed by atoms with E-state index in [1.165, 1.54) is 12.1 Å². The summed E-state index contributed by atoms with van der Waals surface area (Å²) < 4.78 is 28.0. The smallest absolute Gasteiger partial charge is 0.353 e. The van der Waals surface area contributed by atoms with Gasteiger partial charge in [-0.25, -0.2) is 9.59 Å². The number of carboxylic acids is 2. The number of methoxy groups -OCH3 is 1. The number of ether oxygens (including phenoxy) is 5. The molecule has 1 aliphatic heterocycles. The molecule has 1 spiro atoms. The van der Waals surface area contributed by atoms with Crippen LogP contribution in [-0.4, -0.2) is 70.1 Å². The highest BCUT2D eigenvalue weighted by Crippen LogP contribution is 2.67. The molecule has 0 amide bonds. The minimum atomic E-state index is -2.01. The number of hydrogen-bond donors (Lipinski definition) is 3. The van der Waals surface area contributed by atoms with Gasteiger partial charge in [-0.1, -0.05) is 42.8 Å². The SMILES string of the molecule is COc1ccc2c3c1O[C@H]1C(OC(=O)CCC(=O)O[C@H](C(=O)O[C@@H](CC(=O)O)C(=O)O)c4ccccc4)=CC[C@@]4(O)[C@H](CCC[C@]314)C2. The zero-order chi connectivity index (χ0) is 33.5. The fourth-order valence-corrected chi connectivity index (χ4v) is 7.68. The van der Waals surface area contributed by atoms with Gasteiger partial charge in [-0.3, -0.25) is 14.4 Å². The van der Waals surface area contributed by atoms with Gasteiger partial charge in [0.25, 0.3) is 0 Å². The molecule has 6 atom stereocenters. The summed E-state index contributed by atoms with van der Waals surface area (Å²) in [6, 6.07) is 11.5. The molecule has 2 aromatic carbocycles. The molecule has 3 aliphatic carbocycles. The summed E-state index contributed by atoms with van der Waals surface area (Å²) in [6.45, 7) is 0. The predicted molar refractivity (Wildman–Crippen MR) is 158 cm³/mol. The van der Waals surface area contributed by atoms with E-state index in [1.807, 2.05) is 12.1 Å². The van der Waals surface area contributed by atoms with Crippen molar-refractivity contribution in [3.05, 3.63) is 71.0 Å². The molecule has 13 heteroatoms. The molecule has 0 unspecified atom stereocenters. The van der Waals surface area contributed by atoms with Gasteiger partial charge >= 0.3 is 29.8 Å². The average molecular weight is 651 g/mol. The van der Waals surface area contributed by atoms with Crippen LogP contribution >= 0.6 is 0 Å². The number of esters is 3. The van der Waals surface area contributed by atoms with E-state index in [9.17, 15) is 34.2 Å². The Kier molecular flexibility index (Phi) is 8.43. The maximum absolute atomic E-state index is 13.1. The highest BCUT2D eigenvalue weighted by molar-refractivity contribution is 5.86. The van der Waals surface area contributed by atoms with E-state index in [4.69, 9.17) is 28.8 Å². The summed E-state index contributed by atoms with van der Waals surface area (Å²) in [5.74, 6) is -4.91. The molecule has 2 aromatic rings. The first-order chi connectivity index (χ1) is 22.5. The van der Waals surface area contributed by atoms with E-state index in [2.05, 4.69) is 0 Å². The molecule has 13 nitrogen and oxygen atoms in total. The van der Waals surface area contributed by atoms with Gasteiger partial charge in [-0.05, 0) is 49.3 Å². The number of hydrogen-bond acceptors (Lipinski definition) is 11. The van der Waals surface area contributed by atoms with Crippen molar-refractivity contribution >= 4 is 29.8 Å². The van der Waals surface area contributed by atoms with Crippen molar-refractivity contribution < 1.29 is 63.0 Å². The molecule has 1 saturated carbocycles. The van der Waals surface area contributed by atoms with Crippen LogP contribution in [0.4, 0.5) is 0 Å². The molecule has 248 valence electrons. The van der Waals surface area contributed by atoms with E-state index in [1.54, 1.807) is 31.4 Å². The second-order valence-corrected chi connectivity index (χ2v) is 12.2. The van der Waals surface area contributed by atoms with Crippen LogP contribution in [0.25, 0.3) is 0 Å². The lowest BCUT2D eigenvalue weighted by molar-refractivity contribution is -0.179. The molecule has 3 N–H and O–H groups in total. The molecule has 1 fully saturated rings. The Hall–Kier alpha value is -4.91. The van der Waals surface area contributed by atoms with Gasteiger partial charge in [-0.15, -0.1) is 0 Å². The minimum absolute atomic E-state index is 0.0108. The van der Waals surface area contributed by atoms with Gasteiger partial charge in [0.05, 0.1) is 37.4 Å². The third-order valence-electron chi connectivity index (χ3n) is 9.69. The summed E-state index contributed by atoms with van der Waals surface area (Å²) >= 11 is 0. The highest BCUT2D eigenvalue weighted by Gasteiger charge is 2.70. The van der Waals surface area contributed by atoms with Crippen LogP contribution in [0.2, 0.25) is 0 Å². The minimum Gasteiger partial charge on any atom is -0.493 e. The Labute approximate surface area is 269 Å². The van der Waals surface area contributed by atoms with Crippen LogP contribution in [-0.2, 0) is 50.0 Å². The zero-order valence-electron chi connectivity index (χ0n) is 25.5. The third-order valence-corrected chi connectivity index (χ3v) is 9.69. The monoisotopic (exact) mass is 650 g/mol. The second kappa shape index (κ2) is 12.4. The maximum atomic E-state index is 13.1. The summed E-state index contributed by atoms with van der Waals surface area (Å²) in [7, 11) is 1.54. The molecule has 2 bridgehead atoms. The summed E-state index contributed by atoms with van der Waals surface area (Å²) in [4.78, 5) is 61.3. The van der Waals surface area contributed by atoms with Crippen molar-refractivity contribution in [1.29, 1.82) is 0 Å². The Morgan fingerprint density at radius 1 is 1.00 bits per heavy atom. The van der Waals surface area contributed by atoms with Crippen molar-refractivity contribution in [1.82, 2.24) is 0 Å². The Bertz CT molecular complexity index is 1650. The molecule has 1 heterocycles. The van der Waals surface area contributed by atoms with Crippen molar-refractivity contribution in [2.45, 2.75) is 80.7 Å². The lowest BCUT2D eigenvalue weighted by atomic mass is 9.47. The Morgan fingerprint density at radius 2 is 1.74 bits per heavy atom. The lowest BCUT2D eigenvalue weighted by Gasteiger charge is -2.59. The van der Waals surface area contributed by atoms with Crippen molar-refractivity contribution in [2.75, 3.05) is 7.11 Å². The van der Waals surface area contributed by atoms with Crippen LogP contribution in [0.5, 0.6) is 11.5 Å². The first-order valence-electron chi connectivity index (χ1n) is 15.4. The predicted octanol–water partition coefficient (Wildman–Crippen LogP) is 3.15. The molecule has 0 radical (unpaired) electrons. The third kappa shape index (κ3) is 5.47. The Morgan fingerprint density at radius 3 is 2.45 bits per heavy atom. The molecular formula is C34H34O13. The number of aliphatic carboxylic acids is 2. The van der Waals surface area contributed by atoms with E-state index in [0.717, 1.165) is 24.0 Å². The number of rotatable bonds is 12. The number of carbonyl (C=O) groups excluding carboxylic acids is 3. The quantitative estimate of drug-likeness (QED) is 0.224. The zero-order valence-corrected chi connectivity index (χ0v) is 25.5. The van der Waals surface area contributed by atoms with E-state index in [-0.39, 0.29) is 23.7 Å². The molecule has 4 aliphatic rings.